The summed E-state index contributed by atoms with van der Waals surface area (Å²) in [7, 11) is 1.97. The Labute approximate surface area is 226 Å². The fraction of sp³-hybridized carbons (Fsp3) is 0.200. The monoisotopic (exact) mass is 520 g/mol. The molecule has 9 nitrogen and oxygen atoms in total. The van der Waals surface area contributed by atoms with Crippen LogP contribution >= 0.6 is 0 Å². The number of aliphatic hydroxyl groups excluding tert-OH is 1. The van der Waals surface area contributed by atoms with Gasteiger partial charge in [0.1, 0.15) is 11.8 Å². The molecule has 3 aromatic carbocycles. The van der Waals surface area contributed by atoms with Crippen molar-refractivity contribution in [3.63, 3.8) is 0 Å². The summed E-state index contributed by atoms with van der Waals surface area (Å²) in [6, 6.07) is 24.6. The summed E-state index contributed by atoms with van der Waals surface area (Å²) in [5.41, 5.74) is 11.3. The van der Waals surface area contributed by atoms with Crippen molar-refractivity contribution in [2.75, 3.05) is 31.6 Å². The number of likely N-dealkylation sites (N-methyl/N-ethyl adjacent to an activating group) is 1. The first-order chi connectivity index (χ1) is 18.9. The second kappa shape index (κ2) is 10.9. The maximum atomic E-state index is 13.8. The smallest absolute Gasteiger partial charge is 0.277 e. The van der Waals surface area contributed by atoms with Gasteiger partial charge in [0, 0.05) is 36.4 Å². The summed E-state index contributed by atoms with van der Waals surface area (Å²) in [6.07, 6.45) is 0.473. The molecule has 0 bridgehead atoms. The number of rotatable bonds is 8. The van der Waals surface area contributed by atoms with Crippen LogP contribution in [0.1, 0.15) is 37.7 Å². The molecule has 0 aliphatic carbocycles. The van der Waals surface area contributed by atoms with Crippen LogP contribution in [0.4, 0.5) is 5.69 Å². The van der Waals surface area contributed by atoms with Gasteiger partial charge in [0.05, 0.1) is 12.3 Å². The number of aromatic nitrogens is 2. The van der Waals surface area contributed by atoms with E-state index in [1.165, 1.54) is 4.68 Å². The number of benzene rings is 3. The van der Waals surface area contributed by atoms with E-state index in [9.17, 15) is 20.0 Å². The number of carbonyl (C=O) groups is 2. The molecule has 2 heterocycles. The van der Waals surface area contributed by atoms with Gasteiger partial charge in [0.25, 0.3) is 5.91 Å². The Morgan fingerprint density at radius 2 is 1.87 bits per heavy atom. The number of nitrogens with two attached hydrogens (primary N) is 1. The Morgan fingerprint density at radius 1 is 1.10 bits per heavy atom. The number of hydrogen-bond donors (Lipinski definition) is 2. The van der Waals surface area contributed by atoms with Gasteiger partial charge in [-0.3, -0.25) is 14.5 Å². The molecule has 1 aromatic heterocycles. The fourth-order valence-electron chi connectivity index (χ4n) is 4.98. The molecule has 3 N–H and O–H groups in total. The molecule has 0 fully saturated rings. The lowest BCUT2D eigenvalue weighted by Gasteiger charge is -2.28. The third-order valence-electron chi connectivity index (χ3n) is 6.93. The first-order valence-electron chi connectivity index (χ1n) is 12.6. The number of fused-ring (bicyclic) bond motifs is 1. The largest absolute Gasteiger partial charge is 0.395 e. The Kier molecular flexibility index (Phi) is 7.23. The zero-order valence-corrected chi connectivity index (χ0v) is 21.5. The zero-order chi connectivity index (χ0) is 27.5. The number of nitrogens with zero attached hydrogens (tertiary/aromatic N) is 5. The van der Waals surface area contributed by atoms with Crippen LogP contribution in [0.3, 0.4) is 0 Å². The van der Waals surface area contributed by atoms with Crippen LogP contribution in [-0.2, 0) is 13.0 Å². The van der Waals surface area contributed by atoms with Crippen LogP contribution in [0.2, 0.25) is 0 Å². The van der Waals surface area contributed by atoms with E-state index < -0.39 is 5.91 Å². The van der Waals surface area contributed by atoms with Gasteiger partial charge < -0.3 is 15.7 Å². The minimum absolute atomic E-state index is 0.101. The van der Waals surface area contributed by atoms with Crippen LogP contribution in [0.25, 0.3) is 16.8 Å². The molecular weight excluding hydrogens is 492 g/mol. The molecule has 4 aromatic rings. The standard InChI is InChI=1S/C30H28N6O3/c1-34(15-16-37)19-22-5-2-3-8-25(22)20-9-11-23(12-10-20)35-14-13-26-27(18-31)33-36(28(26)30(35)39)24-7-4-6-21(17-24)29(32)38/h2-12,17,37H,13-16,19H2,1H3,(H2,32,38). The molecule has 39 heavy (non-hydrogen) atoms. The predicted molar refractivity (Wildman–Crippen MR) is 147 cm³/mol. The SMILES string of the molecule is CN(CCO)Cc1ccccc1-c1ccc(N2CCc3c(C#N)nn(-c4cccc(C(N)=O)c4)c3C2=O)cc1. The lowest BCUT2D eigenvalue weighted by Crippen LogP contribution is -2.38. The van der Waals surface area contributed by atoms with Crippen molar-refractivity contribution in [2.24, 2.45) is 5.73 Å². The Morgan fingerprint density at radius 3 is 2.59 bits per heavy atom. The predicted octanol–water partition coefficient (Wildman–Crippen LogP) is 3.14. The molecule has 2 amide bonds. The normalized spacial score (nSPS) is 12.9. The first-order valence-corrected chi connectivity index (χ1v) is 12.6. The molecule has 1 aliphatic rings. The quantitative estimate of drug-likeness (QED) is 0.367. The van der Waals surface area contributed by atoms with E-state index in [4.69, 9.17) is 5.73 Å². The van der Waals surface area contributed by atoms with Gasteiger partial charge in [-0.2, -0.15) is 10.4 Å². The zero-order valence-electron chi connectivity index (χ0n) is 21.5. The second-order valence-electron chi connectivity index (χ2n) is 9.49. The van der Waals surface area contributed by atoms with Crippen molar-refractivity contribution in [1.82, 2.24) is 14.7 Å². The van der Waals surface area contributed by atoms with E-state index in [2.05, 4.69) is 28.2 Å². The molecule has 196 valence electrons. The summed E-state index contributed by atoms with van der Waals surface area (Å²) in [5.74, 6) is -0.860. The van der Waals surface area contributed by atoms with Crippen LogP contribution < -0.4 is 10.6 Å². The molecule has 0 saturated heterocycles. The number of carbonyl (C=O) groups excluding carboxylic acids is 2. The van der Waals surface area contributed by atoms with Crippen molar-refractivity contribution in [3.05, 3.63) is 101 Å². The number of amides is 2. The average Bonchev–Trinajstić information content (AvgIpc) is 3.34. The van der Waals surface area contributed by atoms with E-state index in [1.807, 2.05) is 43.4 Å². The number of anilines is 1. The van der Waals surface area contributed by atoms with Crippen molar-refractivity contribution in [2.45, 2.75) is 13.0 Å². The molecule has 9 heteroatoms. The summed E-state index contributed by atoms with van der Waals surface area (Å²) >= 11 is 0. The molecule has 1 aliphatic heterocycles. The van der Waals surface area contributed by atoms with Gasteiger partial charge in [-0.1, -0.05) is 42.5 Å². The van der Waals surface area contributed by atoms with Crippen LogP contribution in [0, 0.1) is 11.3 Å². The highest BCUT2D eigenvalue weighted by molar-refractivity contribution is 6.08. The number of nitriles is 1. The fourth-order valence-corrected chi connectivity index (χ4v) is 4.98. The highest BCUT2D eigenvalue weighted by Crippen LogP contribution is 2.31. The molecular formula is C30H28N6O3. The number of primary amides is 1. The van der Waals surface area contributed by atoms with Gasteiger partial charge in [-0.15, -0.1) is 0 Å². The highest BCUT2D eigenvalue weighted by atomic mass is 16.3. The Balaban J connectivity index is 1.47. The van der Waals surface area contributed by atoms with E-state index in [0.29, 0.717) is 43.0 Å². The first kappa shape index (κ1) is 25.9. The molecule has 0 saturated carbocycles. The third kappa shape index (κ3) is 5.03. The van der Waals surface area contributed by atoms with E-state index in [1.54, 1.807) is 29.2 Å². The van der Waals surface area contributed by atoms with Gasteiger partial charge in [-0.25, -0.2) is 4.68 Å². The molecule has 0 spiro atoms. The van der Waals surface area contributed by atoms with Crippen molar-refractivity contribution >= 4 is 17.5 Å². The van der Waals surface area contributed by atoms with Crippen LogP contribution in [0.5, 0.6) is 0 Å². The lowest BCUT2D eigenvalue weighted by atomic mass is 9.98. The maximum absolute atomic E-state index is 13.8. The Bertz CT molecular complexity index is 1590. The summed E-state index contributed by atoms with van der Waals surface area (Å²) in [4.78, 5) is 29.3. The minimum atomic E-state index is -0.590. The van der Waals surface area contributed by atoms with Crippen molar-refractivity contribution in [3.8, 4) is 22.9 Å². The maximum Gasteiger partial charge on any atom is 0.277 e. The van der Waals surface area contributed by atoms with Gasteiger partial charge >= 0.3 is 0 Å². The van der Waals surface area contributed by atoms with Crippen LogP contribution in [-0.4, -0.2) is 58.3 Å². The van der Waals surface area contributed by atoms with E-state index in [-0.39, 0.29) is 23.8 Å². The minimum Gasteiger partial charge on any atom is -0.395 e. The third-order valence-corrected chi connectivity index (χ3v) is 6.93. The van der Waals surface area contributed by atoms with Gasteiger partial charge in [0.15, 0.2) is 5.69 Å². The van der Waals surface area contributed by atoms with Crippen molar-refractivity contribution < 1.29 is 14.7 Å². The summed E-state index contributed by atoms with van der Waals surface area (Å²) in [6.45, 7) is 1.80. The average molecular weight is 521 g/mol. The van der Waals surface area contributed by atoms with Gasteiger partial charge in [0.2, 0.25) is 5.91 Å². The van der Waals surface area contributed by atoms with E-state index in [0.717, 1.165) is 22.4 Å². The lowest BCUT2D eigenvalue weighted by molar-refractivity contribution is 0.0971. The van der Waals surface area contributed by atoms with Crippen LogP contribution in [0.15, 0.2) is 72.8 Å². The molecule has 0 atom stereocenters. The Hall–Kier alpha value is -4.78. The molecule has 0 unspecified atom stereocenters. The molecule has 0 radical (unpaired) electrons. The highest BCUT2D eigenvalue weighted by Gasteiger charge is 2.33. The number of aliphatic hydroxyl groups is 1. The molecule has 5 rings (SSSR count). The summed E-state index contributed by atoms with van der Waals surface area (Å²) in [5, 5.41) is 23.3. The summed E-state index contributed by atoms with van der Waals surface area (Å²) < 4.78 is 1.43. The van der Waals surface area contributed by atoms with E-state index >= 15 is 0 Å². The number of hydrogen-bond acceptors (Lipinski definition) is 6. The second-order valence-corrected chi connectivity index (χ2v) is 9.49. The van der Waals surface area contributed by atoms with Crippen molar-refractivity contribution in [1.29, 1.82) is 5.26 Å². The topological polar surface area (TPSA) is 128 Å². The van der Waals surface area contributed by atoms with Gasteiger partial charge in [-0.05, 0) is 60.5 Å².